The molecule has 0 aliphatic carbocycles. The average molecular weight is 625 g/mol. The smallest absolute Gasteiger partial charge is 0.188 e. The Bertz CT molecular complexity index is 2720. The molecule has 0 atom stereocenters. The molecule has 0 saturated heterocycles. The molecule has 8 aromatic rings. The number of benzene rings is 6. The van der Waals surface area contributed by atoms with Crippen LogP contribution < -0.4 is 0 Å². The first-order valence-electron chi connectivity index (χ1n) is 15.2. The molecule has 2 aromatic heterocycles. The number of para-hydroxylation sites is 2. The van der Waals surface area contributed by atoms with Crippen molar-refractivity contribution in [1.29, 1.82) is 0 Å². The highest BCUT2D eigenvalue weighted by atomic mass is 32.2. The minimum atomic E-state index is -3.40. The fourth-order valence-corrected chi connectivity index (χ4v) is 8.86. The molecule has 222 valence electrons. The number of sulfone groups is 1. The summed E-state index contributed by atoms with van der Waals surface area (Å²) < 4.78 is 31.2. The molecule has 1 aliphatic heterocycles. The largest absolute Gasteiger partial charge is 0.309 e. The number of fused-ring (bicyclic) bond motifs is 9. The lowest BCUT2D eigenvalue weighted by atomic mass is 9.95. The lowest BCUT2D eigenvalue weighted by Gasteiger charge is -2.16. The van der Waals surface area contributed by atoms with Gasteiger partial charge in [-0.05, 0) is 93.7 Å². The van der Waals surface area contributed by atoms with E-state index in [9.17, 15) is 8.42 Å². The maximum Gasteiger partial charge on any atom is 0.188 e. The van der Waals surface area contributed by atoms with Gasteiger partial charge in [-0.25, -0.2) is 18.1 Å². The molecule has 0 fully saturated rings. The van der Waals surface area contributed by atoms with E-state index in [2.05, 4.69) is 67.4 Å². The Morgan fingerprint density at radius 1 is 0.489 bits per heavy atom. The summed E-state index contributed by atoms with van der Waals surface area (Å²) in [6, 6.07) is 40.1. The van der Waals surface area contributed by atoms with Gasteiger partial charge in [0.1, 0.15) is 0 Å². The maximum atomic E-state index is 13.4. The molecule has 0 bridgehead atoms. The summed E-state index contributed by atoms with van der Waals surface area (Å²) in [5.74, 6) is -0.0775. The zero-order chi connectivity index (χ0) is 31.9. The molecule has 0 N–H and O–H groups in total. The summed E-state index contributed by atoms with van der Waals surface area (Å²) in [6.45, 7) is 15.2. The van der Waals surface area contributed by atoms with E-state index >= 15 is 0 Å². The van der Waals surface area contributed by atoms with Crippen molar-refractivity contribution >= 4 is 64.8 Å². The monoisotopic (exact) mass is 624 g/mol. The first kappa shape index (κ1) is 27.2. The van der Waals surface area contributed by atoms with Crippen molar-refractivity contribution in [3.63, 3.8) is 0 Å². The van der Waals surface area contributed by atoms with Crippen LogP contribution in [0.2, 0.25) is 0 Å². The Kier molecular flexibility index (Phi) is 5.74. The number of hydrogen-bond donors (Lipinski definition) is 0. The second-order valence-corrected chi connectivity index (χ2v) is 14.1. The van der Waals surface area contributed by atoms with Gasteiger partial charge in [-0.15, -0.1) is 0 Å². The SMILES string of the molecule is [C-]#[N+]c1ccc2c(c1)c1cc([N+]#[C-])ccc1n2-c1ccc2c(c1)-c1cc(-n3c4ccccc4c4ccccc43)ccc1CS(=O)(=O)C2. The van der Waals surface area contributed by atoms with E-state index in [0.29, 0.717) is 11.4 Å². The molecule has 0 spiro atoms. The molecule has 6 nitrogen and oxygen atoms in total. The predicted octanol–water partition coefficient (Wildman–Crippen LogP) is 10.1. The van der Waals surface area contributed by atoms with Crippen LogP contribution in [-0.2, 0) is 21.3 Å². The van der Waals surface area contributed by atoms with Crippen LogP contribution in [0.4, 0.5) is 11.4 Å². The van der Waals surface area contributed by atoms with Gasteiger partial charge in [0.15, 0.2) is 21.2 Å². The molecule has 3 heterocycles. The third kappa shape index (κ3) is 4.11. The lowest BCUT2D eigenvalue weighted by Crippen LogP contribution is -2.05. The summed E-state index contributed by atoms with van der Waals surface area (Å²) in [5, 5.41) is 4.12. The standard InChI is InChI=1S/C40H24N4O2S/c1-41-27-13-17-39-35(19-27)36-20-28(42-2)14-18-40(36)44(39)30-16-12-26-24-47(45,46)23-25-11-15-29(21-33(25)34(26)22-30)43-37-9-5-3-7-31(37)32-8-4-6-10-38(32)43/h3-22H,23-24H2. The zero-order valence-electron chi connectivity index (χ0n) is 25.0. The number of hydrogen-bond acceptors (Lipinski definition) is 2. The van der Waals surface area contributed by atoms with Crippen molar-refractivity contribution in [1.82, 2.24) is 9.13 Å². The van der Waals surface area contributed by atoms with Crippen LogP contribution in [0, 0.1) is 13.1 Å². The Balaban J connectivity index is 1.32. The van der Waals surface area contributed by atoms with Gasteiger partial charge in [-0.1, -0.05) is 60.7 Å². The molecule has 47 heavy (non-hydrogen) atoms. The summed E-state index contributed by atoms with van der Waals surface area (Å²) in [6.07, 6.45) is 0. The van der Waals surface area contributed by atoms with Gasteiger partial charge in [0, 0.05) is 22.1 Å². The normalized spacial score (nSPS) is 13.7. The fraction of sp³-hybridized carbons (Fsp3) is 0.0500. The Morgan fingerprint density at radius 2 is 0.915 bits per heavy atom. The van der Waals surface area contributed by atoms with Gasteiger partial charge in [-0.2, -0.15) is 0 Å². The second-order valence-electron chi connectivity index (χ2n) is 12.0. The predicted molar refractivity (Wildman–Crippen MR) is 189 cm³/mol. The van der Waals surface area contributed by atoms with Crippen LogP contribution in [0.3, 0.4) is 0 Å². The van der Waals surface area contributed by atoms with Gasteiger partial charge in [-0.3, -0.25) is 0 Å². The molecular formula is C40H24N4O2S. The first-order chi connectivity index (χ1) is 22.9. The lowest BCUT2D eigenvalue weighted by molar-refractivity contribution is 0.595. The van der Waals surface area contributed by atoms with Crippen molar-refractivity contribution < 1.29 is 8.42 Å². The quantitative estimate of drug-likeness (QED) is 0.180. The van der Waals surface area contributed by atoms with E-state index in [1.165, 1.54) is 0 Å². The van der Waals surface area contributed by atoms with E-state index < -0.39 is 9.84 Å². The van der Waals surface area contributed by atoms with Crippen LogP contribution in [0.5, 0.6) is 0 Å². The summed E-state index contributed by atoms with van der Waals surface area (Å²) in [7, 11) is -3.40. The molecule has 1 aliphatic rings. The van der Waals surface area contributed by atoms with Crippen molar-refractivity contribution in [2.24, 2.45) is 0 Å². The van der Waals surface area contributed by atoms with Crippen LogP contribution >= 0.6 is 0 Å². The van der Waals surface area contributed by atoms with Crippen LogP contribution in [-0.4, -0.2) is 17.6 Å². The van der Waals surface area contributed by atoms with E-state index in [1.807, 2.05) is 72.8 Å². The van der Waals surface area contributed by atoms with Crippen molar-refractivity contribution in [2.75, 3.05) is 0 Å². The third-order valence-corrected chi connectivity index (χ3v) is 10.8. The Morgan fingerprint density at radius 3 is 1.36 bits per heavy atom. The number of rotatable bonds is 2. The zero-order valence-corrected chi connectivity index (χ0v) is 25.8. The third-order valence-electron chi connectivity index (χ3n) is 9.31. The fourth-order valence-electron chi connectivity index (χ4n) is 7.30. The molecule has 7 heteroatoms. The Labute approximate surface area is 270 Å². The second kappa shape index (κ2) is 9.92. The highest BCUT2D eigenvalue weighted by Gasteiger charge is 2.26. The van der Waals surface area contributed by atoms with Gasteiger partial charge in [0.05, 0.1) is 46.7 Å². The van der Waals surface area contributed by atoms with E-state index in [1.54, 1.807) is 0 Å². The van der Waals surface area contributed by atoms with Crippen LogP contribution in [0.25, 0.3) is 75.8 Å². The molecule has 0 amide bonds. The van der Waals surface area contributed by atoms with Gasteiger partial charge >= 0.3 is 0 Å². The molecule has 9 rings (SSSR count). The maximum absolute atomic E-state index is 13.4. The van der Waals surface area contributed by atoms with Gasteiger partial charge in [0.25, 0.3) is 0 Å². The highest BCUT2D eigenvalue weighted by molar-refractivity contribution is 7.89. The van der Waals surface area contributed by atoms with E-state index in [4.69, 9.17) is 13.1 Å². The summed E-state index contributed by atoms with van der Waals surface area (Å²) in [5.41, 5.74) is 10.2. The van der Waals surface area contributed by atoms with E-state index in [-0.39, 0.29) is 11.5 Å². The number of nitrogens with zero attached hydrogens (tertiary/aromatic N) is 4. The molecule has 0 unspecified atom stereocenters. The minimum Gasteiger partial charge on any atom is -0.309 e. The first-order valence-corrected chi connectivity index (χ1v) is 17.0. The van der Waals surface area contributed by atoms with Crippen molar-refractivity contribution in [2.45, 2.75) is 11.5 Å². The summed E-state index contributed by atoms with van der Waals surface area (Å²) >= 11 is 0. The van der Waals surface area contributed by atoms with Crippen molar-refractivity contribution in [3.05, 3.63) is 155 Å². The average Bonchev–Trinajstić information content (AvgIpc) is 3.56. The topological polar surface area (TPSA) is 52.7 Å². The molecule has 0 saturated carbocycles. The molecule has 0 radical (unpaired) electrons. The molecule has 6 aromatic carbocycles. The minimum absolute atomic E-state index is 0.0337. The van der Waals surface area contributed by atoms with Gasteiger partial charge < -0.3 is 9.13 Å². The Hall–Kier alpha value is -6.15. The van der Waals surface area contributed by atoms with Crippen molar-refractivity contribution in [3.8, 4) is 22.5 Å². The van der Waals surface area contributed by atoms with E-state index in [0.717, 1.165) is 77.2 Å². The van der Waals surface area contributed by atoms with Crippen LogP contribution in [0.1, 0.15) is 11.1 Å². The summed E-state index contributed by atoms with van der Waals surface area (Å²) in [4.78, 5) is 7.29. The highest BCUT2D eigenvalue weighted by Crippen LogP contribution is 2.41. The molecular weight excluding hydrogens is 601 g/mol. The van der Waals surface area contributed by atoms with Crippen LogP contribution in [0.15, 0.2) is 121 Å². The van der Waals surface area contributed by atoms with Gasteiger partial charge in [0.2, 0.25) is 0 Å². The number of aromatic nitrogens is 2.